The molecule has 0 unspecified atom stereocenters. The number of imidazole rings is 1. The minimum absolute atomic E-state index is 0.871. The molecule has 6 heterocycles. The molecule has 0 N–H and O–H groups in total. The van der Waals surface area contributed by atoms with Crippen LogP contribution in [0.25, 0.3) is 93.3 Å². The van der Waals surface area contributed by atoms with Crippen LogP contribution < -0.4 is 0 Å². The van der Waals surface area contributed by atoms with Gasteiger partial charge in [0.05, 0.1) is 39.3 Å². The molecule has 11 rings (SSSR count). The van der Waals surface area contributed by atoms with Gasteiger partial charge in [0.15, 0.2) is 0 Å². The molecule has 0 aliphatic heterocycles. The Bertz CT molecular complexity index is 3060. The second-order valence-corrected chi connectivity index (χ2v) is 12.2. The van der Waals surface area contributed by atoms with E-state index < -0.39 is 0 Å². The summed E-state index contributed by atoms with van der Waals surface area (Å²) in [6.45, 7) is 0. The van der Waals surface area contributed by atoms with Crippen LogP contribution in [0.1, 0.15) is 0 Å². The summed E-state index contributed by atoms with van der Waals surface area (Å²) in [4.78, 5) is 14.3. The van der Waals surface area contributed by atoms with E-state index in [1.54, 1.807) is 0 Å². The summed E-state index contributed by atoms with van der Waals surface area (Å²) in [7, 11) is 0. The molecule has 0 aliphatic carbocycles. The van der Waals surface area contributed by atoms with Crippen LogP contribution in [0.3, 0.4) is 0 Å². The lowest BCUT2D eigenvalue weighted by atomic mass is 10.0. The van der Waals surface area contributed by atoms with Crippen molar-refractivity contribution in [3.05, 3.63) is 146 Å². The van der Waals surface area contributed by atoms with E-state index in [1.165, 1.54) is 32.6 Å². The smallest absolute Gasteiger partial charge is 0.147 e. The molecule has 0 amide bonds. The number of hydrogen-bond donors (Lipinski definition) is 0. The highest BCUT2D eigenvalue weighted by Crippen LogP contribution is 2.44. The van der Waals surface area contributed by atoms with Gasteiger partial charge in [-0.2, -0.15) is 0 Å². The third-order valence-electron chi connectivity index (χ3n) is 9.76. The van der Waals surface area contributed by atoms with Crippen LogP contribution in [0.2, 0.25) is 0 Å². The quantitative estimate of drug-likeness (QED) is 0.186. The fourth-order valence-electron chi connectivity index (χ4n) is 7.87. The molecule has 0 fully saturated rings. The average Bonchev–Trinajstić information content (AvgIpc) is 3.79. The fourth-order valence-corrected chi connectivity index (χ4v) is 7.87. The number of pyridine rings is 3. The Morgan fingerprint density at radius 1 is 0.404 bits per heavy atom. The van der Waals surface area contributed by atoms with Crippen LogP contribution in [-0.4, -0.2) is 28.5 Å². The Balaban J connectivity index is 1.43. The van der Waals surface area contributed by atoms with Gasteiger partial charge in [-0.3, -0.25) is 14.4 Å². The van der Waals surface area contributed by atoms with Gasteiger partial charge in [-0.25, -0.2) is 4.98 Å². The molecule has 0 bridgehead atoms. The van der Waals surface area contributed by atoms with Crippen molar-refractivity contribution in [2.45, 2.75) is 0 Å². The van der Waals surface area contributed by atoms with Crippen LogP contribution in [0.15, 0.2) is 146 Å². The first-order valence-corrected chi connectivity index (χ1v) is 15.8. The number of hydrogen-bond acceptors (Lipinski definition) is 3. The van der Waals surface area contributed by atoms with E-state index >= 15 is 0 Å². The Morgan fingerprint density at radius 2 is 1.09 bits per heavy atom. The van der Waals surface area contributed by atoms with Gasteiger partial charge in [-0.1, -0.05) is 60.7 Å². The Hall–Kier alpha value is -6.53. The van der Waals surface area contributed by atoms with Gasteiger partial charge in [0.25, 0.3) is 0 Å². The molecule has 6 aromatic heterocycles. The summed E-state index contributed by atoms with van der Waals surface area (Å²) in [5.74, 6) is 0. The van der Waals surface area contributed by atoms with E-state index in [2.05, 4.69) is 145 Å². The van der Waals surface area contributed by atoms with Crippen molar-refractivity contribution < 1.29 is 0 Å². The predicted octanol–water partition coefficient (Wildman–Crippen LogP) is 9.78. The van der Waals surface area contributed by atoms with Crippen LogP contribution in [0.4, 0.5) is 0 Å². The van der Waals surface area contributed by atoms with Crippen molar-refractivity contribution in [2.75, 3.05) is 0 Å². The van der Waals surface area contributed by atoms with E-state index in [-0.39, 0.29) is 0 Å². The van der Waals surface area contributed by atoms with Gasteiger partial charge in [0, 0.05) is 62.3 Å². The molecule has 5 aromatic carbocycles. The largest absolute Gasteiger partial charge is 0.309 e. The lowest BCUT2D eigenvalue weighted by Gasteiger charge is -2.11. The third kappa shape index (κ3) is 3.21. The molecule has 6 nitrogen and oxygen atoms in total. The van der Waals surface area contributed by atoms with Crippen LogP contribution in [0, 0.1) is 0 Å². The second kappa shape index (κ2) is 9.02. The zero-order valence-electron chi connectivity index (χ0n) is 25.0. The third-order valence-corrected chi connectivity index (χ3v) is 9.76. The summed E-state index contributed by atoms with van der Waals surface area (Å²) in [5.41, 5.74) is 10.8. The van der Waals surface area contributed by atoms with E-state index in [1.807, 2.05) is 24.8 Å². The zero-order valence-corrected chi connectivity index (χ0v) is 25.0. The summed E-state index contributed by atoms with van der Waals surface area (Å²) < 4.78 is 7.08. The van der Waals surface area contributed by atoms with Gasteiger partial charge >= 0.3 is 0 Å². The standard InChI is InChI=1S/C41H24N6/c1-3-9-25(10-4-1)45-33-14-8-7-13-27(33)29-21-30-38(22-37(29)45)46(26-11-5-2-6-12-26)36-16-15-28-31-23-42-19-17-34(31)47-35-18-20-43-24-32(35)44-41(47)40(28)39(30)36/h1-24H. The first-order valence-electron chi connectivity index (χ1n) is 15.8. The lowest BCUT2D eigenvalue weighted by Crippen LogP contribution is -1.96. The summed E-state index contributed by atoms with van der Waals surface area (Å²) in [5, 5.41) is 8.16. The van der Waals surface area contributed by atoms with Gasteiger partial charge < -0.3 is 9.13 Å². The second-order valence-electron chi connectivity index (χ2n) is 12.2. The number of nitrogens with zero attached hydrogens (tertiary/aromatic N) is 6. The van der Waals surface area contributed by atoms with Crippen molar-refractivity contribution in [3.63, 3.8) is 0 Å². The van der Waals surface area contributed by atoms with E-state index in [0.717, 1.165) is 60.8 Å². The van der Waals surface area contributed by atoms with Crippen LogP contribution in [0.5, 0.6) is 0 Å². The molecule has 0 atom stereocenters. The highest BCUT2D eigenvalue weighted by molar-refractivity contribution is 6.31. The molecule has 47 heavy (non-hydrogen) atoms. The predicted molar refractivity (Wildman–Crippen MR) is 192 cm³/mol. The first-order chi connectivity index (χ1) is 23.3. The Labute approximate surface area is 267 Å². The Morgan fingerprint density at radius 3 is 1.89 bits per heavy atom. The zero-order chi connectivity index (χ0) is 30.6. The average molecular weight is 601 g/mol. The maximum Gasteiger partial charge on any atom is 0.147 e. The molecule has 6 heteroatoms. The molecular formula is C41H24N6. The van der Waals surface area contributed by atoms with E-state index in [0.29, 0.717) is 0 Å². The maximum atomic E-state index is 5.26. The minimum Gasteiger partial charge on any atom is -0.309 e. The summed E-state index contributed by atoms with van der Waals surface area (Å²) in [6, 6.07) is 43.5. The molecule has 0 radical (unpaired) electrons. The molecule has 0 spiro atoms. The normalized spacial score (nSPS) is 12.3. The van der Waals surface area contributed by atoms with Gasteiger partial charge in [0.1, 0.15) is 11.2 Å². The van der Waals surface area contributed by atoms with Crippen LogP contribution in [-0.2, 0) is 0 Å². The van der Waals surface area contributed by atoms with Gasteiger partial charge in [-0.15, -0.1) is 0 Å². The number of aromatic nitrogens is 6. The monoisotopic (exact) mass is 600 g/mol. The molecule has 218 valence electrons. The van der Waals surface area contributed by atoms with Gasteiger partial charge in [0.2, 0.25) is 0 Å². The lowest BCUT2D eigenvalue weighted by molar-refractivity contribution is 1.16. The molecule has 0 aliphatic rings. The Kier molecular flexibility index (Phi) is 4.75. The molecular weight excluding hydrogens is 576 g/mol. The van der Waals surface area contributed by atoms with Crippen molar-refractivity contribution in [3.8, 4) is 11.4 Å². The molecule has 0 saturated carbocycles. The highest BCUT2D eigenvalue weighted by Gasteiger charge is 2.23. The van der Waals surface area contributed by atoms with Crippen molar-refractivity contribution in [1.82, 2.24) is 28.5 Å². The maximum absolute atomic E-state index is 5.26. The van der Waals surface area contributed by atoms with Gasteiger partial charge in [-0.05, 0) is 66.0 Å². The fraction of sp³-hybridized carbons (Fsp3) is 0. The number of rotatable bonds is 2. The van der Waals surface area contributed by atoms with Crippen molar-refractivity contribution >= 4 is 82.0 Å². The number of benzene rings is 5. The van der Waals surface area contributed by atoms with E-state index in [9.17, 15) is 0 Å². The first kappa shape index (κ1) is 24.8. The highest BCUT2D eigenvalue weighted by atomic mass is 15.0. The van der Waals surface area contributed by atoms with Crippen molar-refractivity contribution in [1.29, 1.82) is 0 Å². The molecule has 0 saturated heterocycles. The van der Waals surface area contributed by atoms with Crippen molar-refractivity contribution in [2.24, 2.45) is 0 Å². The summed E-state index contributed by atoms with van der Waals surface area (Å²) in [6.07, 6.45) is 7.54. The number of fused-ring (bicyclic) bond motifs is 15. The topological polar surface area (TPSA) is 52.9 Å². The SMILES string of the molecule is c1ccc(-n2c3ccccc3c3cc4c5c6c(ccc5n(-c5ccccc5)c4cc32)c2cnccc2n2c3ccncc3nc62)cc1. The summed E-state index contributed by atoms with van der Waals surface area (Å²) >= 11 is 0. The van der Waals surface area contributed by atoms with Crippen LogP contribution >= 0.6 is 0 Å². The minimum atomic E-state index is 0.871. The van der Waals surface area contributed by atoms with E-state index in [4.69, 9.17) is 4.98 Å². The molecule has 11 aromatic rings. The number of para-hydroxylation sites is 3.